The second-order valence-electron chi connectivity index (χ2n) is 14.8. The number of carbonyl (C=O) groups is 3. The number of likely N-dealkylation sites (N-methyl/N-ethyl adjacent to an activating group) is 1. The Morgan fingerprint density at radius 3 is 2.41 bits per heavy atom. The summed E-state index contributed by atoms with van der Waals surface area (Å²) in [4.78, 5) is 51.1. The molecule has 1 spiro atoms. The number of anilines is 2. The Kier molecular flexibility index (Phi) is 8.12. The van der Waals surface area contributed by atoms with E-state index >= 15 is 0 Å². The summed E-state index contributed by atoms with van der Waals surface area (Å²) < 4.78 is 41.5. The molecule has 4 saturated heterocycles. The summed E-state index contributed by atoms with van der Waals surface area (Å²) in [5.41, 5.74) is 6.58. The first-order valence-corrected chi connectivity index (χ1v) is 18.5. The molecule has 1 aliphatic carbocycles. The predicted octanol–water partition coefficient (Wildman–Crippen LogP) is 4.72. The zero-order chi connectivity index (χ0) is 34.4. The number of rotatable bonds is 7. The van der Waals surface area contributed by atoms with E-state index in [1.54, 1.807) is 21.1 Å². The molecular formula is C34H41ClF3N7O3S. The number of benzene rings is 1. The number of hydrogen-bond donors (Lipinski definition) is 2. The number of piperazine rings is 1. The molecule has 0 bridgehead atoms. The lowest BCUT2D eigenvalue weighted by molar-refractivity contribution is -0.143. The van der Waals surface area contributed by atoms with Gasteiger partial charge in [-0.15, -0.1) is 11.3 Å². The standard InChI is InChI=1S/C34H41ClF3N7O3S/c1-41-16-28-33(14-27(33)41)45(28)23-4-8-43(9-5-23)31(47)20(10-19-11-24(34(36,37)38)30(39)25(35)12-19)13-29(46)42-6-2-22(3-7-42)44-15-21-17-49-18-26(21)40-32(44)48/h11-12,17-18,20,22-23,27-28H,2-10,13-16,39H2,1H3,(H,40,48)/t20-,27?,28?,33?,45?/m0/s1. The van der Waals surface area contributed by atoms with Gasteiger partial charge < -0.3 is 25.8 Å². The van der Waals surface area contributed by atoms with Gasteiger partial charge in [-0.2, -0.15) is 13.2 Å². The molecule has 5 aliphatic heterocycles. The number of carbonyl (C=O) groups excluding carboxylic acids is 3. The fraction of sp³-hybridized carbons (Fsp3) is 0.618. The Hall–Kier alpha value is -3.07. The molecule has 6 heterocycles. The third-order valence-corrected chi connectivity index (χ3v) is 13.1. The summed E-state index contributed by atoms with van der Waals surface area (Å²) in [6, 6.07) is 3.84. The van der Waals surface area contributed by atoms with Crippen LogP contribution in [0.1, 0.15) is 55.2 Å². The highest BCUT2D eigenvalue weighted by atomic mass is 35.5. The van der Waals surface area contributed by atoms with Gasteiger partial charge in [0.15, 0.2) is 0 Å². The van der Waals surface area contributed by atoms with E-state index in [2.05, 4.69) is 22.2 Å². The molecule has 4 unspecified atom stereocenters. The minimum atomic E-state index is -4.72. The van der Waals surface area contributed by atoms with Crippen LogP contribution in [0.2, 0.25) is 5.02 Å². The smallest absolute Gasteiger partial charge is 0.397 e. The van der Waals surface area contributed by atoms with Crippen molar-refractivity contribution < 1.29 is 27.6 Å². The van der Waals surface area contributed by atoms with Gasteiger partial charge in [0, 0.05) is 74.3 Å². The van der Waals surface area contributed by atoms with Crippen LogP contribution in [0.4, 0.5) is 29.3 Å². The van der Waals surface area contributed by atoms with Gasteiger partial charge in [0.2, 0.25) is 11.8 Å². The molecule has 15 heteroatoms. The Bertz CT molecular complexity index is 1670. The number of nitrogens with two attached hydrogens (primary N) is 1. The fourth-order valence-corrected chi connectivity index (χ4v) is 10.4. The van der Waals surface area contributed by atoms with Crippen LogP contribution in [0.5, 0.6) is 0 Å². The van der Waals surface area contributed by atoms with Crippen LogP contribution >= 0.6 is 22.9 Å². The second-order valence-corrected chi connectivity index (χ2v) is 15.9. The molecule has 8 rings (SSSR count). The van der Waals surface area contributed by atoms with Crippen LogP contribution in [-0.2, 0) is 28.7 Å². The van der Waals surface area contributed by atoms with E-state index < -0.39 is 23.3 Å². The highest BCUT2D eigenvalue weighted by Gasteiger charge is 2.83. The number of urea groups is 1. The number of thiophene rings is 1. The SMILES string of the molecule is CN1CC2N(C3CCN(C(=O)[C@H](CC(=O)N4CCC(N5Cc6cscc6NC5=O)CC4)Cc4cc(Cl)c(N)c(C(F)(F)F)c4)CC3)C23CC13. The van der Waals surface area contributed by atoms with Crippen LogP contribution in [-0.4, -0.2) is 112 Å². The molecule has 5 fully saturated rings. The number of nitrogen functional groups attached to an aromatic ring is 1. The average Bonchev–Trinajstić information content (AvgIpc) is 3.86. The van der Waals surface area contributed by atoms with E-state index in [0.29, 0.717) is 69.2 Å². The van der Waals surface area contributed by atoms with Crippen molar-refractivity contribution in [2.45, 2.75) is 87.4 Å². The Morgan fingerprint density at radius 2 is 1.76 bits per heavy atom. The molecule has 1 saturated carbocycles. The molecule has 5 atom stereocenters. The third-order valence-electron chi connectivity index (χ3n) is 12.0. The third kappa shape index (κ3) is 5.76. The second kappa shape index (κ2) is 12.0. The molecule has 2 aromatic rings. The van der Waals surface area contributed by atoms with E-state index in [0.717, 1.165) is 36.7 Å². The number of alkyl halides is 3. The number of likely N-dealkylation sites (tertiary alicyclic amines) is 3. The van der Waals surface area contributed by atoms with Gasteiger partial charge in [-0.25, -0.2) is 4.79 Å². The summed E-state index contributed by atoms with van der Waals surface area (Å²) in [5, 5.41) is 6.67. The lowest BCUT2D eigenvalue weighted by Gasteiger charge is -2.40. The summed E-state index contributed by atoms with van der Waals surface area (Å²) in [6.45, 7) is 3.58. The first-order chi connectivity index (χ1) is 23.3. The van der Waals surface area contributed by atoms with Crippen LogP contribution in [0.15, 0.2) is 22.9 Å². The van der Waals surface area contributed by atoms with Crippen LogP contribution in [0, 0.1) is 5.92 Å². The highest BCUT2D eigenvalue weighted by Crippen LogP contribution is 2.67. The first-order valence-electron chi connectivity index (χ1n) is 17.2. The number of halogens is 4. The van der Waals surface area contributed by atoms with Crippen molar-refractivity contribution in [2.75, 3.05) is 50.8 Å². The molecule has 264 valence electrons. The molecule has 49 heavy (non-hydrogen) atoms. The molecule has 10 nitrogen and oxygen atoms in total. The van der Waals surface area contributed by atoms with Crippen LogP contribution in [0.3, 0.4) is 0 Å². The summed E-state index contributed by atoms with van der Waals surface area (Å²) >= 11 is 7.70. The Labute approximate surface area is 292 Å². The van der Waals surface area contributed by atoms with Gasteiger partial charge in [0.1, 0.15) is 0 Å². The van der Waals surface area contributed by atoms with E-state index in [1.807, 2.05) is 15.7 Å². The number of nitrogens with one attached hydrogen (secondary N) is 1. The van der Waals surface area contributed by atoms with Gasteiger partial charge in [0.25, 0.3) is 0 Å². The summed E-state index contributed by atoms with van der Waals surface area (Å²) in [5.74, 6) is -1.28. The van der Waals surface area contributed by atoms with E-state index in [1.165, 1.54) is 12.5 Å². The number of piperidine rings is 3. The van der Waals surface area contributed by atoms with Crippen molar-refractivity contribution in [3.05, 3.63) is 44.6 Å². The van der Waals surface area contributed by atoms with Gasteiger partial charge in [-0.05, 0) is 68.6 Å². The van der Waals surface area contributed by atoms with Crippen LogP contribution in [0.25, 0.3) is 0 Å². The predicted molar refractivity (Wildman–Crippen MR) is 180 cm³/mol. The number of hydrogen-bond acceptors (Lipinski definition) is 7. The number of fused-ring (bicyclic) bond motifs is 1. The first kappa shape index (κ1) is 33.1. The van der Waals surface area contributed by atoms with E-state index in [4.69, 9.17) is 17.3 Å². The monoisotopic (exact) mass is 719 g/mol. The van der Waals surface area contributed by atoms with Crippen molar-refractivity contribution in [1.82, 2.24) is 24.5 Å². The Balaban J connectivity index is 0.940. The van der Waals surface area contributed by atoms with Gasteiger partial charge in [-0.1, -0.05) is 11.6 Å². The van der Waals surface area contributed by atoms with E-state index in [-0.39, 0.29) is 47.3 Å². The zero-order valence-corrected chi connectivity index (χ0v) is 28.9. The maximum absolute atomic E-state index is 14.1. The molecule has 1 aromatic heterocycles. The summed E-state index contributed by atoms with van der Waals surface area (Å²) in [7, 11) is 2.19. The highest BCUT2D eigenvalue weighted by molar-refractivity contribution is 7.08. The van der Waals surface area contributed by atoms with Gasteiger partial charge in [-0.3, -0.25) is 19.4 Å². The molecule has 1 aromatic carbocycles. The van der Waals surface area contributed by atoms with E-state index in [9.17, 15) is 27.6 Å². The topological polar surface area (TPSA) is 105 Å². The van der Waals surface area contributed by atoms with Gasteiger partial charge >= 0.3 is 12.2 Å². The van der Waals surface area contributed by atoms with Crippen molar-refractivity contribution in [3.63, 3.8) is 0 Å². The molecule has 0 radical (unpaired) electrons. The average molecular weight is 720 g/mol. The van der Waals surface area contributed by atoms with Crippen molar-refractivity contribution in [2.24, 2.45) is 5.92 Å². The fourth-order valence-electron chi connectivity index (χ4n) is 9.34. The van der Waals surface area contributed by atoms with Crippen molar-refractivity contribution in [3.8, 4) is 0 Å². The lowest BCUT2D eigenvalue weighted by atomic mass is 9.91. The maximum Gasteiger partial charge on any atom is 0.418 e. The molecule has 3 N–H and O–H groups in total. The minimum absolute atomic E-state index is 0.0267. The quantitative estimate of drug-likeness (QED) is 0.317. The van der Waals surface area contributed by atoms with Crippen LogP contribution < -0.4 is 11.1 Å². The van der Waals surface area contributed by atoms with Gasteiger partial charge in [0.05, 0.1) is 40.0 Å². The van der Waals surface area contributed by atoms with Crippen molar-refractivity contribution in [1.29, 1.82) is 0 Å². The van der Waals surface area contributed by atoms with Crippen molar-refractivity contribution >= 4 is 52.2 Å². The number of amides is 4. The largest absolute Gasteiger partial charge is 0.418 e. The normalized spacial score (nSPS) is 29.3. The molecule has 6 aliphatic rings. The number of nitrogens with zero attached hydrogens (tertiary/aromatic N) is 5. The molecular weight excluding hydrogens is 679 g/mol. The minimum Gasteiger partial charge on any atom is -0.397 e. The summed E-state index contributed by atoms with van der Waals surface area (Å²) in [6.07, 6.45) is -0.792. The zero-order valence-electron chi connectivity index (χ0n) is 27.3. The molecule has 4 amide bonds. The lowest BCUT2D eigenvalue weighted by Crippen LogP contribution is -2.51. The maximum atomic E-state index is 14.1. The Morgan fingerprint density at radius 1 is 1.06 bits per heavy atom.